The van der Waals surface area contributed by atoms with Gasteiger partial charge in [-0.05, 0) is 49.1 Å². The predicted octanol–water partition coefficient (Wildman–Crippen LogP) is 3.68. The van der Waals surface area contributed by atoms with Crippen LogP contribution < -0.4 is 5.32 Å². The zero-order valence-corrected chi connectivity index (χ0v) is 16.4. The van der Waals surface area contributed by atoms with Crippen LogP contribution in [-0.2, 0) is 22.4 Å². The number of amides is 1. The number of hydrogen-bond donors (Lipinski definition) is 1. The Bertz CT molecular complexity index is 845. The molecule has 1 aromatic heterocycles. The fourth-order valence-corrected chi connectivity index (χ4v) is 3.55. The van der Waals surface area contributed by atoms with E-state index in [2.05, 4.69) is 26.1 Å². The van der Waals surface area contributed by atoms with E-state index in [1.165, 1.54) is 0 Å². The van der Waals surface area contributed by atoms with Crippen LogP contribution in [0.3, 0.4) is 0 Å². The number of rotatable bonds is 6. The number of pyridine rings is 1. The van der Waals surface area contributed by atoms with Crippen molar-refractivity contribution >= 4 is 22.8 Å². The van der Waals surface area contributed by atoms with Gasteiger partial charge in [0, 0.05) is 17.6 Å². The van der Waals surface area contributed by atoms with Crippen molar-refractivity contribution in [2.24, 2.45) is 11.8 Å². The Balaban J connectivity index is 1.79. The van der Waals surface area contributed by atoms with Crippen molar-refractivity contribution in [3.63, 3.8) is 0 Å². The summed E-state index contributed by atoms with van der Waals surface area (Å²) in [5.74, 6) is 0.332. The lowest BCUT2D eigenvalue weighted by molar-refractivity contribution is -0.124. The molecule has 3 rings (SSSR count). The highest BCUT2D eigenvalue weighted by Crippen LogP contribution is 2.31. The van der Waals surface area contributed by atoms with E-state index in [9.17, 15) is 9.59 Å². The van der Waals surface area contributed by atoms with Crippen LogP contribution >= 0.6 is 0 Å². The molecule has 5 nitrogen and oxygen atoms in total. The Morgan fingerprint density at radius 3 is 2.85 bits per heavy atom. The number of esters is 1. The molecule has 1 aliphatic carbocycles. The second kappa shape index (κ2) is 8.51. The molecule has 27 heavy (non-hydrogen) atoms. The highest BCUT2D eigenvalue weighted by Gasteiger charge is 2.26. The maximum Gasteiger partial charge on any atom is 0.339 e. The van der Waals surface area contributed by atoms with E-state index in [1.807, 2.05) is 24.3 Å². The van der Waals surface area contributed by atoms with Crippen LogP contribution in [0.25, 0.3) is 10.9 Å². The molecule has 0 radical (unpaired) electrons. The van der Waals surface area contributed by atoms with Crippen molar-refractivity contribution in [3.8, 4) is 0 Å². The number of carbonyl (C=O) groups is 2. The Hall–Kier alpha value is -2.43. The van der Waals surface area contributed by atoms with E-state index in [0.29, 0.717) is 23.9 Å². The minimum atomic E-state index is -0.432. The zero-order valence-electron chi connectivity index (χ0n) is 16.4. The van der Waals surface area contributed by atoms with Gasteiger partial charge in [-0.1, -0.05) is 39.0 Å². The number of benzene rings is 1. The lowest BCUT2D eigenvalue weighted by Crippen LogP contribution is -2.30. The minimum Gasteiger partial charge on any atom is -0.452 e. The third-order valence-electron chi connectivity index (χ3n) is 5.09. The minimum absolute atomic E-state index is 0.252. The fourth-order valence-electron chi connectivity index (χ4n) is 3.55. The Kier molecular flexibility index (Phi) is 6.09. The molecular weight excluding hydrogens is 340 g/mol. The van der Waals surface area contributed by atoms with Gasteiger partial charge >= 0.3 is 5.97 Å². The lowest BCUT2D eigenvalue weighted by atomic mass is 9.84. The van der Waals surface area contributed by atoms with Crippen molar-refractivity contribution < 1.29 is 14.3 Å². The van der Waals surface area contributed by atoms with Gasteiger partial charge in [0.1, 0.15) is 0 Å². The summed E-state index contributed by atoms with van der Waals surface area (Å²) in [5, 5.41) is 3.60. The Labute approximate surface area is 160 Å². The normalized spacial score (nSPS) is 16.2. The Morgan fingerprint density at radius 2 is 2.07 bits per heavy atom. The summed E-state index contributed by atoms with van der Waals surface area (Å²) in [4.78, 5) is 29.6. The molecule has 1 atom stereocenters. The first-order chi connectivity index (χ1) is 13.0. The van der Waals surface area contributed by atoms with Crippen LogP contribution in [0.5, 0.6) is 0 Å². The Morgan fingerprint density at radius 1 is 1.30 bits per heavy atom. The van der Waals surface area contributed by atoms with E-state index in [4.69, 9.17) is 9.72 Å². The molecular formula is C22H28N2O3. The highest BCUT2D eigenvalue weighted by atomic mass is 16.5. The van der Waals surface area contributed by atoms with Crippen molar-refractivity contribution in [3.05, 3.63) is 41.1 Å². The molecule has 144 valence electrons. The number of hydrogen-bond acceptors (Lipinski definition) is 4. The molecule has 5 heteroatoms. The first kappa shape index (κ1) is 19.3. The number of nitrogens with one attached hydrogen (secondary N) is 1. The lowest BCUT2D eigenvalue weighted by Gasteiger charge is -2.24. The van der Waals surface area contributed by atoms with E-state index >= 15 is 0 Å². The summed E-state index contributed by atoms with van der Waals surface area (Å²) in [6.07, 6.45) is 3.67. The van der Waals surface area contributed by atoms with Crippen LogP contribution in [0.15, 0.2) is 24.3 Å². The summed E-state index contributed by atoms with van der Waals surface area (Å²) < 4.78 is 5.38. The number of aromatic nitrogens is 1. The van der Waals surface area contributed by atoms with Gasteiger partial charge in [0.25, 0.3) is 5.91 Å². The SMILES string of the molecule is CC(C)CCNC(=O)COC(=O)c1c2c(nc3ccccc13)CCC(C)C2. The van der Waals surface area contributed by atoms with Crippen molar-refractivity contribution in [2.45, 2.75) is 46.5 Å². The summed E-state index contributed by atoms with van der Waals surface area (Å²) in [5.41, 5.74) is 3.36. The summed E-state index contributed by atoms with van der Waals surface area (Å²) >= 11 is 0. The smallest absolute Gasteiger partial charge is 0.339 e. The summed E-state index contributed by atoms with van der Waals surface area (Å²) in [6.45, 7) is 6.74. The van der Waals surface area contributed by atoms with Gasteiger partial charge in [-0.25, -0.2) is 4.79 Å². The molecule has 1 unspecified atom stereocenters. The average molecular weight is 368 g/mol. The molecule has 1 N–H and O–H groups in total. The second-order valence-corrected chi connectivity index (χ2v) is 7.89. The molecule has 1 amide bonds. The molecule has 0 bridgehead atoms. The van der Waals surface area contributed by atoms with Crippen LogP contribution in [0, 0.1) is 11.8 Å². The van der Waals surface area contributed by atoms with Gasteiger partial charge in [0.05, 0.1) is 11.1 Å². The number of aryl methyl sites for hydroxylation is 1. The monoisotopic (exact) mass is 368 g/mol. The van der Waals surface area contributed by atoms with Gasteiger partial charge in [0.2, 0.25) is 0 Å². The number of fused-ring (bicyclic) bond motifs is 2. The summed E-state index contributed by atoms with van der Waals surface area (Å²) in [6, 6.07) is 7.65. The van der Waals surface area contributed by atoms with Gasteiger partial charge in [-0.3, -0.25) is 9.78 Å². The zero-order chi connectivity index (χ0) is 19.4. The number of ether oxygens (including phenoxy) is 1. The van der Waals surface area contributed by atoms with Gasteiger partial charge in [-0.15, -0.1) is 0 Å². The predicted molar refractivity (Wildman–Crippen MR) is 106 cm³/mol. The second-order valence-electron chi connectivity index (χ2n) is 7.89. The number of nitrogens with zero attached hydrogens (tertiary/aromatic N) is 1. The van der Waals surface area contributed by atoms with E-state index < -0.39 is 5.97 Å². The maximum absolute atomic E-state index is 12.9. The molecule has 0 saturated heterocycles. The standard InChI is InChI=1S/C22H28N2O3/c1-14(2)10-11-23-20(25)13-27-22(26)21-16-6-4-5-7-18(16)24-19-9-8-15(3)12-17(19)21/h4-7,14-15H,8-13H2,1-3H3,(H,23,25). The van der Waals surface area contributed by atoms with E-state index in [-0.39, 0.29) is 12.5 Å². The molecule has 1 heterocycles. The van der Waals surface area contributed by atoms with Crippen molar-refractivity contribution in [1.29, 1.82) is 0 Å². The van der Waals surface area contributed by atoms with Crippen LogP contribution in [-0.4, -0.2) is 30.0 Å². The third kappa shape index (κ3) is 4.65. The van der Waals surface area contributed by atoms with Crippen molar-refractivity contribution in [2.75, 3.05) is 13.2 Å². The third-order valence-corrected chi connectivity index (χ3v) is 5.09. The summed E-state index contributed by atoms with van der Waals surface area (Å²) in [7, 11) is 0. The van der Waals surface area contributed by atoms with Gasteiger partial charge in [-0.2, -0.15) is 0 Å². The molecule has 1 aliphatic rings. The maximum atomic E-state index is 12.9. The van der Waals surface area contributed by atoms with Gasteiger partial charge < -0.3 is 10.1 Å². The van der Waals surface area contributed by atoms with E-state index in [0.717, 1.165) is 47.8 Å². The molecule has 1 aromatic carbocycles. The average Bonchev–Trinajstić information content (AvgIpc) is 2.64. The quantitative estimate of drug-likeness (QED) is 0.790. The number of carbonyl (C=O) groups excluding carboxylic acids is 2. The molecule has 0 saturated carbocycles. The first-order valence-electron chi connectivity index (χ1n) is 9.80. The molecule has 0 fully saturated rings. The topological polar surface area (TPSA) is 68.3 Å². The van der Waals surface area contributed by atoms with Crippen LogP contribution in [0.4, 0.5) is 0 Å². The fraction of sp³-hybridized carbons (Fsp3) is 0.500. The van der Waals surface area contributed by atoms with Gasteiger partial charge in [0.15, 0.2) is 6.61 Å². The van der Waals surface area contributed by atoms with Crippen molar-refractivity contribution in [1.82, 2.24) is 10.3 Å². The van der Waals surface area contributed by atoms with Crippen LogP contribution in [0.2, 0.25) is 0 Å². The largest absolute Gasteiger partial charge is 0.452 e. The van der Waals surface area contributed by atoms with E-state index in [1.54, 1.807) is 0 Å². The molecule has 0 aliphatic heterocycles. The molecule has 0 spiro atoms. The van der Waals surface area contributed by atoms with Crippen LogP contribution in [0.1, 0.15) is 55.2 Å². The first-order valence-corrected chi connectivity index (χ1v) is 9.80. The number of para-hydroxylation sites is 1. The highest BCUT2D eigenvalue weighted by molar-refractivity contribution is 6.05. The molecule has 2 aromatic rings.